The largest absolute Gasteiger partial charge is 0.486 e. The molecule has 2 N–H and O–H groups in total. The number of amides is 2. The number of carbonyl (C=O) groups excluding carboxylic acids is 2. The van der Waals surface area contributed by atoms with Crippen LogP contribution in [0.2, 0.25) is 0 Å². The third kappa shape index (κ3) is 7.06. The van der Waals surface area contributed by atoms with Crippen molar-refractivity contribution in [2.24, 2.45) is 0 Å². The molecule has 1 saturated carbocycles. The van der Waals surface area contributed by atoms with Crippen LogP contribution in [0.3, 0.4) is 0 Å². The highest BCUT2D eigenvalue weighted by atomic mass is 32.1. The lowest BCUT2D eigenvalue weighted by Gasteiger charge is -2.32. The molecule has 0 spiro atoms. The van der Waals surface area contributed by atoms with Gasteiger partial charge in [-0.15, -0.1) is 11.3 Å². The van der Waals surface area contributed by atoms with Gasteiger partial charge in [-0.3, -0.25) is 9.59 Å². The second-order valence-electron chi connectivity index (χ2n) is 8.38. The topological polar surface area (TPSA) is 80.3 Å². The predicted molar refractivity (Wildman–Crippen MR) is 124 cm³/mol. The van der Waals surface area contributed by atoms with E-state index in [4.69, 9.17) is 4.74 Å². The number of unbranched alkanes of at least 4 members (excludes halogenated alkanes) is 1. The fourth-order valence-corrected chi connectivity index (χ4v) is 4.66. The number of carbonyl (C=O) groups is 2. The number of aryl methyl sites for hydroxylation is 2. The summed E-state index contributed by atoms with van der Waals surface area (Å²) >= 11 is 1.42. The molecule has 0 radical (unpaired) electrons. The van der Waals surface area contributed by atoms with Crippen molar-refractivity contribution in [1.29, 1.82) is 0 Å². The maximum Gasteiger partial charge on any atom is 0.271 e. The van der Waals surface area contributed by atoms with Gasteiger partial charge in [-0.2, -0.15) is 0 Å². The molecule has 2 atom stereocenters. The van der Waals surface area contributed by atoms with E-state index in [1.807, 2.05) is 26.0 Å². The molecular weight excluding hydrogens is 410 g/mol. The smallest absolute Gasteiger partial charge is 0.271 e. The molecule has 31 heavy (non-hydrogen) atoms. The van der Waals surface area contributed by atoms with E-state index in [1.165, 1.54) is 11.3 Å². The van der Waals surface area contributed by atoms with E-state index in [0.29, 0.717) is 18.7 Å². The molecule has 0 aliphatic heterocycles. The summed E-state index contributed by atoms with van der Waals surface area (Å²) in [5.41, 5.74) is 2.71. The van der Waals surface area contributed by atoms with Gasteiger partial charge in [0.2, 0.25) is 5.91 Å². The number of rotatable bonds is 9. The van der Waals surface area contributed by atoms with E-state index in [2.05, 4.69) is 28.6 Å². The molecular formula is C24H33N3O3S. The van der Waals surface area contributed by atoms with Gasteiger partial charge >= 0.3 is 0 Å². The minimum absolute atomic E-state index is 0.00643. The van der Waals surface area contributed by atoms with Crippen LogP contribution in [0.4, 0.5) is 0 Å². The molecule has 2 aromatic rings. The van der Waals surface area contributed by atoms with Crippen molar-refractivity contribution in [3.05, 3.63) is 45.4 Å². The molecule has 0 unspecified atom stereocenters. The average molecular weight is 444 g/mol. The molecule has 1 heterocycles. The Kier molecular flexibility index (Phi) is 8.46. The SMILES string of the molecule is CCCCC(=O)N[C@@H]1CCCC[C@H]1NC(=O)c1csc(COc2cc(C)cc(C)c2)n1. The Morgan fingerprint density at radius 2 is 1.77 bits per heavy atom. The zero-order valence-electron chi connectivity index (χ0n) is 18.7. The van der Waals surface area contributed by atoms with Crippen LogP contribution in [0, 0.1) is 13.8 Å². The van der Waals surface area contributed by atoms with Gasteiger partial charge in [0.1, 0.15) is 23.1 Å². The minimum Gasteiger partial charge on any atom is -0.486 e. The third-order valence-electron chi connectivity index (χ3n) is 5.53. The maximum atomic E-state index is 12.8. The fourth-order valence-electron chi connectivity index (χ4n) is 3.98. The Morgan fingerprint density at radius 1 is 1.10 bits per heavy atom. The molecule has 1 aliphatic rings. The number of nitrogens with zero attached hydrogens (tertiary/aromatic N) is 1. The fraction of sp³-hybridized carbons (Fsp3) is 0.542. The van der Waals surface area contributed by atoms with Crippen LogP contribution < -0.4 is 15.4 Å². The quantitative estimate of drug-likeness (QED) is 0.589. The monoisotopic (exact) mass is 443 g/mol. The number of aromatic nitrogens is 1. The first-order valence-corrected chi connectivity index (χ1v) is 12.1. The Morgan fingerprint density at radius 3 is 2.45 bits per heavy atom. The molecule has 0 saturated heterocycles. The molecule has 1 aliphatic carbocycles. The van der Waals surface area contributed by atoms with E-state index in [1.54, 1.807) is 5.38 Å². The number of ether oxygens (including phenoxy) is 1. The van der Waals surface area contributed by atoms with Gasteiger partial charge in [0.25, 0.3) is 5.91 Å². The van der Waals surface area contributed by atoms with E-state index >= 15 is 0 Å². The molecule has 1 fully saturated rings. The Balaban J connectivity index is 1.54. The van der Waals surface area contributed by atoms with E-state index in [9.17, 15) is 9.59 Å². The highest BCUT2D eigenvalue weighted by molar-refractivity contribution is 7.09. The normalized spacial score (nSPS) is 18.4. The van der Waals surface area contributed by atoms with Crippen LogP contribution in [0.15, 0.2) is 23.6 Å². The summed E-state index contributed by atoms with van der Waals surface area (Å²) in [5.74, 6) is 0.698. The summed E-state index contributed by atoms with van der Waals surface area (Å²) in [6.45, 7) is 6.49. The highest BCUT2D eigenvalue weighted by Gasteiger charge is 2.28. The summed E-state index contributed by atoms with van der Waals surface area (Å²) < 4.78 is 5.86. The van der Waals surface area contributed by atoms with Gasteiger partial charge in [0.15, 0.2) is 0 Å². The first kappa shape index (κ1) is 23.3. The van der Waals surface area contributed by atoms with Gasteiger partial charge in [0.05, 0.1) is 0 Å². The first-order chi connectivity index (χ1) is 14.9. The second-order valence-corrected chi connectivity index (χ2v) is 9.32. The van der Waals surface area contributed by atoms with Crippen molar-refractivity contribution in [2.45, 2.75) is 84.4 Å². The second kappa shape index (κ2) is 11.3. The number of hydrogen-bond acceptors (Lipinski definition) is 5. The first-order valence-electron chi connectivity index (χ1n) is 11.2. The van der Waals surface area contributed by atoms with Crippen LogP contribution in [-0.2, 0) is 11.4 Å². The average Bonchev–Trinajstić information content (AvgIpc) is 3.21. The summed E-state index contributed by atoms with van der Waals surface area (Å²) in [4.78, 5) is 29.4. The van der Waals surface area contributed by atoms with Gasteiger partial charge in [0, 0.05) is 23.9 Å². The van der Waals surface area contributed by atoms with Crippen LogP contribution in [-0.4, -0.2) is 28.9 Å². The number of benzene rings is 1. The van der Waals surface area contributed by atoms with Crippen molar-refractivity contribution < 1.29 is 14.3 Å². The summed E-state index contributed by atoms with van der Waals surface area (Å²) in [6, 6.07) is 6.03. The van der Waals surface area contributed by atoms with Crippen LogP contribution in [0.5, 0.6) is 5.75 Å². The zero-order valence-corrected chi connectivity index (χ0v) is 19.5. The molecule has 7 heteroatoms. The lowest BCUT2D eigenvalue weighted by atomic mass is 9.90. The van der Waals surface area contributed by atoms with Gasteiger partial charge < -0.3 is 15.4 Å². The van der Waals surface area contributed by atoms with Crippen LogP contribution >= 0.6 is 11.3 Å². The van der Waals surface area contributed by atoms with Crippen molar-refractivity contribution in [1.82, 2.24) is 15.6 Å². The van der Waals surface area contributed by atoms with E-state index in [0.717, 1.165) is 60.4 Å². The molecule has 2 amide bonds. The zero-order chi connectivity index (χ0) is 22.2. The number of nitrogens with one attached hydrogen (secondary N) is 2. The Hall–Kier alpha value is -2.41. The summed E-state index contributed by atoms with van der Waals surface area (Å²) in [5, 5.41) is 8.75. The predicted octanol–water partition coefficient (Wildman–Crippen LogP) is 4.69. The Bertz CT molecular complexity index is 876. The van der Waals surface area contributed by atoms with Crippen molar-refractivity contribution in [2.75, 3.05) is 0 Å². The molecule has 1 aromatic carbocycles. The lowest BCUT2D eigenvalue weighted by Crippen LogP contribution is -2.53. The Labute approximate surface area is 188 Å². The number of hydrogen-bond donors (Lipinski definition) is 2. The maximum absolute atomic E-state index is 12.8. The molecule has 6 nitrogen and oxygen atoms in total. The standard InChI is InChI=1S/C24H33N3O3S/c1-4-5-10-22(28)25-19-8-6-7-9-20(19)27-24(29)21-15-31-23(26-21)14-30-18-12-16(2)11-17(3)13-18/h11-13,15,19-20H,4-10,14H2,1-3H3,(H,25,28)(H,27,29)/t19-,20-/m1/s1. The lowest BCUT2D eigenvalue weighted by molar-refractivity contribution is -0.122. The van der Waals surface area contributed by atoms with Gasteiger partial charge in [-0.1, -0.05) is 32.3 Å². The van der Waals surface area contributed by atoms with Crippen molar-refractivity contribution in [3.63, 3.8) is 0 Å². The van der Waals surface area contributed by atoms with Crippen LogP contribution in [0.1, 0.15) is 78.5 Å². The van der Waals surface area contributed by atoms with Crippen molar-refractivity contribution in [3.8, 4) is 5.75 Å². The number of thiazole rings is 1. The van der Waals surface area contributed by atoms with E-state index in [-0.39, 0.29) is 23.9 Å². The molecule has 1 aromatic heterocycles. The van der Waals surface area contributed by atoms with Crippen LogP contribution in [0.25, 0.3) is 0 Å². The van der Waals surface area contributed by atoms with E-state index < -0.39 is 0 Å². The molecule has 168 valence electrons. The summed E-state index contributed by atoms with van der Waals surface area (Å²) in [6.07, 6.45) is 6.33. The minimum atomic E-state index is -0.186. The van der Waals surface area contributed by atoms with Gasteiger partial charge in [-0.05, 0) is 56.4 Å². The highest BCUT2D eigenvalue weighted by Crippen LogP contribution is 2.21. The van der Waals surface area contributed by atoms with Gasteiger partial charge in [-0.25, -0.2) is 4.98 Å². The third-order valence-corrected chi connectivity index (χ3v) is 6.35. The summed E-state index contributed by atoms with van der Waals surface area (Å²) in [7, 11) is 0. The molecule has 0 bridgehead atoms. The molecule has 3 rings (SSSR count). The van der Waals surface area contributed by atoms with Crippen molar-refractivity contribution >= 4 is 23.2 Å².